The van der Waals surface area contributed by atoms with Crippen LogP contribution in [0, 0.1) is 0 Å². The number of methoxy groups -OCH3 is 1. The maximum Gasteiger partial charge on any atom is 0.358 e. The summed E-state index contributed by atoms with van der Waals surface area (Å²) in [5.74, 6) is -0.860. The second kappa shape index (κ2) is 5.35. The first kappa shape index (κ1) is 13.3. The fraction of sp³-hybridized carbons (Fsp3) is 0.286. The number of imidazole rings is 1. The number of rotatable bonds is 3. The van der Waals surface area contributed by atoms with Gasteiger partial charge in [-0.3, -0.25) is 4.79 Å². The van der Waals surface area contributed by atoms with Crippen molar-refractivity contribution in [2.45, 2.75) is 19.3 Å². The average molecular weight is 286 g/mol. The molecule has 2 aromatic rings. The minimum atomic E-state index is -0.593. The van der Waals surface area contributed by atoms with Crippen molar-refractivity contribution in [1.82, 2.24) is 15.0 Å². The van der Waals surface area contributed by atoms with Gasteiger partial charge in [0, 0.05) is 5.69 Å². The molecule has 0 bridgehead atoms. The molecule has 1 amide bonds. The minimum Gasteiger partial charge on any atom is -0.464 e. The third kappa shape index (κ3) is 2.49. The number of amides is 1. The molecule has 21 heavy (non-hydrogen) atoms. The average Bonchev–Trinajstić information content (AvgIpc) is 3.14. The van der Waals surface area contributed by atoms with E-state index in [1.165, 1.54) is 19.0 Å². The molecule has 0 fully saturated rings. The van der Waals surface area contributed by atoms with Gasteiger partial charge in [-0.15, -0.1) is 0 Å². The van der Waals surface area contributed by atoms with Crippen molar-refractivity contribution in [1.29, 1.82) is 0 Å². The molecule has 0 atom stereocenters. The number of carbonyl (C=O) groups excluding carboxylic acids is 2. The topological polar surface area (TPSA) is 97.0 Å². The summed E-state index contributed by atoms with van der Waals surface area (Å²) in [7, 11) is 1.26. The number of esters is 1. The summed E-state index contributed by atoms with van der Waals surface area (Å²) in [5, 5.41) is 2.57. The van der Waals surface area contributed by atoms with Crippen LogP contribution in [0.25, 0.3) is 0 Å². The first-order chi connectivity index (χ1) is 10.2. The van der Waals surface area contributed by atoms with E-state index in [9.17, 15) is 9.59 Å². The van der Waals surface area contributed by atoms with Crippen LogP contribution in [0.2, 0.25) is 0 Å². The second-order valence-corrected chi connectivity index (χ2v) is 4.73. The Morgan fingerprint density at radius 3 is 3.00 bits per heavy atom. The van der Waals surface area contributed by atoms with Crippen LogP contribution in [-0.2, 0) is 17.6 Å². The molecule has 2 aromatic heterocycles. The number of anilines is 1. The molecular weight excluding hydrogens is 272 g/mol. The van der Waals surface area contributed by atoms with Gasteiger partial charge in [-0.1, -0.05) is 6.07 Å². The third-order valence-electron chi connectivity index (χ3n) is 3.42. The number of aryl methyl sites for hydroxylation is 2. The molecular formula is C14H14N4O3. The molecule has 0 aromatic carbocycles. The van der Waals surface area contributed by atoms with E-state index >= 15 is 0 Å². The molecule has 0 saturated carbocycles. The van der Waals surface area contributed by atoms with Gasteiger partial charge in [-0.25, -0.2) is 14.8 Å². The van der Waals surface area contributed by atoms with Crippen LogP contribution in [0.3, 0.4) is 0 Å². The van der Waals surface area contributed by atoms with Crippen molar-refractivity contribution in [3.63, 3.8) is 0 Å². The predicted molar refractivity (Wildman–Crippen MR) is 74.1 cm³/mol. The van der Waals surface area contributed by atoms with Gasteiger partial charge in [0.25, 0.3) is 5.91 Å². The van der Waals surface area contributed by atoms with Gasteiger partial charge in [-0.2, -0.15) is 0 Å². The molecule has 0 radical (unpaired) electrons. The van der Waals surface area contributed by atoms with Crippen LogP contribution in [0.15, 0.2) is 18.5 Å². The van der Waals surface area contributed by atoms with Gasteiger partial charge in [0.15, 0.2) is 11.5 Å². The highest BCUT2D eigenvalue weighted by Crippen LogP contribution is 2.20. The lowest BCUT2D eigenvalue weighted by molar-refractivity contribution is 0.0596. The van der Waals surface area contributed by atoms with Gasteiger partial charge >= 0.3 is 5.97 Å². The highest BCUT2D eigenvalue weighted by atomic mass is 16.5. The van der Waals surface area contributed by atoms with Crippen molar-refractivity contribution >= 4 is 17.7 Å². The van der Waals surface area contributed by atoms with Crippen LogP contribution < -0.4 is 5.32 Å². The molecule has 1 aliphatic carbocycles. The normalized spacial score (nSPS) is 12.8. The Bertz CT molecular complexity index is 708. The maximum atomic E-state index is 12.2. The summed E-state index contributed by atoms with van der Waals surface area (Å²) in [6.45, 7) is 0. The van der Waals surface area contributed by atoms with E-state index in [4.69, 9.17) is 0 Å². The number of hydrogen-bond acceptors (Lipinski definition) is 5. The Balaban J connectivity index is 1.81. The van der Waals surface area contributed by atoms with Crippen molar-refractivity contribution in [3.05, 3.63) is 41.1 Å². The highest BCUT2D eigenvalue weighted by molar-refractivity contribution is 6.05. The Morgan fingerprint density at radius 2 is 2.19 bits per heavy atom. The SMILES string of the molecule is COC(=O)c1[nH]cnc1NC(=O)c1ccc2c(n1)CCC2. The number of H-pyrrole nitrogens is 1. The molecule has 2 heterocycles. The monoisotopic (exact) mass is 286 g/mol. The molecule has 0 aliphatic heterocycles. The summed E-state index contributed by atoms with van der Waals surface area (Å²) < 4.78 is 4.61. The fourth-order valence-corrected chi connectivity index (χ4v) is 2.37. The van der Waals surface area contributed by atoms with Gasteiger partial charge in [0.2, 0.25) is 0 Å². The molecule has 7 heteroatoms. The smallest absolute Gasteiger partial charge is 0.358 e. The molecule has 108 valence electrons. The number of fused-ring (bicyclic) bond motifs is 1. The number of hydrogen-bond donors (Lipinski definition) is 2. The summed E-state index contributed by atoms with van der Waals surface area (Å²) in [4.78, 5) is 34.6. The molecule has 3 rings (SSSR count). The molecule has 7 nitrogen and oxygen atoms in total. The zero-order valence-corrected chi connectivity index (χ0v) is 11.5. The zero-order chi connectivity index (χ0) is 14.8. The molecule has 1 aliphatic rings. The summed E-state index contributed by atoms with van der Waals surface area (Å²) in [6, 6.07) is 3.61. The largest absolute Gasteiger partial charge is 0.464 e. The number of ether oxygens (including phenoxy) is 1. The number of nitrogens with zero attached hydrogens (tertiary/aromatic N) is 2. The molecule has 0 spiro atoms. The van der Waals surface area contributed by atoms with Crippen molar-refractivity contribution in [2.24, 2.45) is 0 Å². The van der Waals surface area contributed by atoms with Gasteiger partial charge in [-0.05, 0) is 30.9 Å². The third-order valence-corrected chi connectivity index (χ3v) is 3.42. The van der Waals surface area contributed by atoms with Crippen LogP contribution in [0.1, 0.15) is 38.7 Å². The molecule has 0 saturated heterocycles. The number of nitrogens with one attached hydrogen (secondary N) is 2. The van der Waals surface area contributed by atoms with Crippen molar-refractivity contribution < 1.29 is 14.3 Å². The second-order valence-electron chi connectivity index (χ2n) is 4.73. The predicted octanol–water partition coefficient (Wildman–Crippen LogP) is 1.33. The standard InChI is InChI=1S/C14H14N4O3/c1-21-14(20)11-12(16-7-15-11)18-13(19)10-6-5-8-3-2-4-9(8)17-10/h5-7H,2-4H2,1H3,(H,15,16)(H,18,19). The van der Waals surface area contributed by atoms with Gasteiger partial charge < -0.3 is 15.0 Å². The summed E-state index contributed by atoms with van der Waals surface area (Å²) in [5.41, 5.74) is 2.58. The van der Waals surface area contributed by atoms with E-state index in [2.05, 4.69) is 25.0 Å². The first-order valence-corrected chi connectivity index (χ1v) is 6.61. The summed E-state index contributed by atoms with van der Waals surface area (Å²) >= 11 is 0. The van der Waals surface area contributed by atoms with E-state index in [-0.39, 0.29) is 11.5 Å². The molecule has 2 N–H and O–H groups in total. The quantitative estimate of drug-likeness (QED) is 0.830. The van der Waals surface area contributed by atoms with Crippen molar-refractivity contribution in [2.75, 3.05) is 12.4 Å². The first-order valence-electron chi connectivity index (χ1n) is 6.61. The fourth-order valence-electron chi connectivity index (χ4n) is 2.37. The van der Waals surface area contributed by atoms with Crippen LogP contribution >= 0.6 is 0 Å². The Labute approximate surface area is 120 Å². The number of aromatic nitrogens is 3. The summed E-state index contributed by atoms with van der Waals surface area (Å²) in [6.07, 6.45) is 4.29. The van der Waals surface area contributed by atoms with E-state index in [0.717, 1.165) is 25.0 Å². The highest BCUT2D eigenvalue weighted by Gasteiger charge is 2.19. The van der Waals surface area contributed by atoms with E-state index in [1.54, 1.807) is 6.07 Å². The lowest BCUT2D eigenvalue weighted by atomic mass is 10.2. The lowest BCUT2D eigenvalue weighted by Gasteiger charge is -2.05. The Hall–Kier alpha value is -2.70. The van der Waals surface area contributed by atoms with E-state index in [0.29, 0.717) is 5.69 Å². The molecule has 0 unspecified atom stereocenters. The van der Waals surface area contributed by atoms with Crippen molar-refractivity contribution in [3.8, 4) is 0 Å². The lowest BCUT2D eigenvalue weighted by Crippen LogP contribution is -2.17. The number of pyridine rings is 1. The Morgan fingerprint density at radius 1 is 1.33 bits per heavy atom. The van der Waals surface area contributed by atoms with Crippen LogP contribution in [-0.4, -0.2) is 33.9 Å². The number of aromatic amines is 1. The van der Waals surface area contributed by atoms with E-state index in [1.807, 2.05) is 6.07 Å². The van der Waals surface area contributed by atoms with E-state index < -0.39 is 11.9 Å². The van der Waals surface area contributed by atoms with Crippen LogP contribution in [0.5, 0.6) is 0 Å². The Kier molecular flexibility index (Phi) is 3.39. The maximum absolute atomic E-state index is 12.2. The van der Waals surface area contributed by atoms with Gasteiger partial charge in [0.05, 0.1) is 13.4 Å². The number of carbonyl (C=O) groups is 2. The van der Waals surface area contributed by atoms with Crippen LogP contribution in [0.4, 0.5) is 5.82 Å². The zero-order valence-electron chi connectivity index (χ0n) is 11.5. The minimum absolute atomic E-state index is 0.104. The van der Waals surface area contributed by atoms with Gasteiger partial charge in [0.1, 0.15) is 5.69 Å².